The van der Waals surface area contributed by atoms with Crippen molar-refractivity contribution in [1.82, 2.24) is 0 Å². The van der Waals surface area contributed by atoms with Gasteiger partial charge in [0.15, 0.2) is 5.52 Å². The van der Waals surface area contributed by atoms with E-state index in [4.69, 9.17) is 9.47 Å². The van der Waals surface area contributed by atoms with E-state index in [0.29, 0.717) is 13.2 Å². The molecule has 0 saturated heterocycles. The van der Waals surface area contributed by atoms with Crippen molar-refractivity contribution in [3.05, 3.63) is 52.6 Å². The molecular weight excluding hydrogens is 403 g/mol. The third-order valence-corrected chi connectivity index (χ3v) is 6.51. The number of hydrogen-bond acceptors (Lipinski definition) is 3. The lowest BCUT2D eigenvalue weighted by molar-refractivity contribution is 0.108. The van der Waals surface area contributed by atoms with Gasteiger partial charge in [0.05, 0.1) is 13.2 Å². The van der Waals surface area contributed by atoms with Crippen LogP contribution in [-0.2, 0) is 5.41 Å². The first-order valence-electron chi connectivity index (χ1n) is 11.5. The number of rotatable bonds is 11. The van der Waals surface area contributed by atoms with Gasteiger partial charge in [0, 0.05) is 16.9 Å². The van der Waals surface area contributed by atoms with Crippen LogP contribution < -0.4 is 14.8 Å². The van der Waals surface area contributed by atoms with Crippen LogP contribution in [0, 0.1) is 13.8 Å². The molecule has 1 unspecified atom stereocenters. The van der Waals surface area contributed by atoms with Gasteiger partial charge in [-0.15, -0.1) is 0 Å². The number of ether oxygens (including phenoxy) is 2. The number of carbonyl (C=O) groups excluding carboxylic acids is 1. The molecule has 0 saturated carbocycles. The van der Waals surface area contributed by atoms with E-state index in [1.165, 1.54) is 5.56 Å². The lowest BCUT2D eigenvalue weighted by atomic mass is 9.84. The highest BCUT2D eigenvalue weighted by Gasteiger charge is 2.20. The molecule has 31 heavy (non-hydrogen) atoms. The van der Waals surface area contributed by atoms with Crippen LogP contribution in [0.25, 0.3) is 0 Å². The van der Waals surface area contributed by atoms with Crippen molar-refractivity contribution >= 4 is 19.4 Å². The van der Waals surface area contributed by atoms with Crippen LogP contribution in [0.1, 0.15) is 87.4 Å². The maximum absolute atomic E-state index is 13.3. The lowest BCUT2D eigenvalue weighted by Gasteiger charge is -2.22. The molecule has 0 spiro atoms. The Bertz CT molecular complexity index is 858. The Morgan fingerprint density at radius 1 is 0.903 bits per heavy atom. The van der Waals surface area contributed by atoms with Crippen LogP contribution in [-0.4, -0.2) is 18.7 Å². The van der Waals surface area contributed by atoms with Gasteiger partial charge in [-0.05, 0) is 69.5 Å². The normalized spacial score (nSPS) is 11.8. The number of hydrogen-bond donors (Lipinski definition) is 0. The Kier molecular flexibility index (Phi) is 9.56. The summed E-state index contributed by atoms with van der Waals surface area (Å²) < 4.78 is 11.9. The standard InChI is InChI=1S/C27H39O3P/c1-8-10-14-29-22-12-13-24(23(18-22)30-15-11-9-2)31-26(28)25-19(3)16-21(17-20(25)4)27(5,6)7/h12-13,16-18,31H,8-11,14-15H2,1-7H3. The minimum Gasteiger partial charge on any atom is -0.493 e. The van der Waals surface area contributed by atoms with E-state index in [1.807, 2.05) is 32.0 Å². The molecule has 0 bridgehead atoms. The summed E-state index contributed by atoms with van der Waals surface area (Å²) in [6.07, 6.45) is 4.18. The molecule has 2 rings (SSSR count). The monoisotopic (exact) mass is 442 g/mol. The van der Waals surface area contributed by atoms with Gasteiger partial charge in [-0.2, -0.15) is 0 Å². The maximum atomic E-state index is 13.3. The number of unbranched alkanes of at least 4 members (excludes halogenated alkanes) is 2. The Balaban J connectivity index is 2.28. The zero-order valence-corrected chi connectivity index (χ0v) is 21.4. The summed E-state index contributed by atoms with van der Waals surface area (Å²) in [5, 5.41) is 0.947. The molecule has 0 N–H and O–H groups in total. The Morgan fingerprint density at radius 3 is 2.03 bits per heavy atom. The minimum absolute atomic E-state index is 0.0220. The largest absolute Gasteiger partial charge is 0.493 e. The highest BCUT2D eigenvalue weighted by molar-refractivity contribution is 7.66. The van der Waals surface area contributed by atoms with Gasteiger partial charge in [-0.1, -0.05) is 59.6 Å². The molecule has 3 nitrogen and oxygen atoms in total. The molecule has 1 atom stereocenters. The van der Waals surface area contributed by atoms with Crippen LogP contribution in [0.2, 0.25) is 0 Å². The van der Waals surface area contributed by atoms with Crippen LogP contribution in [0.5, 0.6) is 11.5 Å². The number of carbonyl (C=O) groups is 1. The van der Waals surface area contributed by atoms with Gasteiger partial charge in [-0.25, -0.2) is 0 Å². The molecule has 0 amide bonds. The third-order valence-electron chi connectivity index (χ3n) is 5.35. The Morgan fingerprint density at radius 2 is 1.48 bits per heavy atom. The Labute approximate surface area is 190 Å². The van der Waals surface area contributed by atoms with Crippen molar-refractivity contribution < 1.29 is 14.3 Å². The smallest absolute Gasteiger partial charge is 0.186 e. The van der Waals surface area contributed by atoms with Gasteiger partial charge in [-0.3, -0.25) is 4.79 Å². The highest BCUT2D eigenvalue weighted by atomic mass is 31.1. The van der Waals surface area contributed by atoms with E-state index in [9.17, 15) is 4.79 Å². The summed E-state index contributed by atoms with van der Waals surface area (Å²) >= 11 is 0. The van der Waals surface area contributed by atoms with Gasteiger partial charge in [0.2, 0.25) is 0 Å². The quantitative estimate of drug-likeness (QED) is 0.275. The van der Waals surface area contributed by atoms with Crippen molar-refractivity contribution in [3.8, 4) is 11.5 Å². The fourth-order valence-electron chi connectivity index (χ4n) is 3.42. The third kappa shape index (κ3) is 7.35. The summed E-state index contributed by atoms with van der Waals surface area (Å²) in [6, 6.07) is 10.2. The fourth-order valence-corrected chi connectivity index (χ4v) is 4.61. The van der Waals surface area contributed by atoms with E-state index >= 15 is 0 Å². The summed E-state index contributed by atoms with van der Waals surface area (Å²) in [7, 11) is 0.0220. The predicted molar refractivity (Wildman–Crippen MR) is 134 cm³/mol. The van der Waals surface area contributed by atoms with E-state index in [-0.39, 0.29) is 19.5 Å². The van der Waals surface area contributed by atoms with Gasteiger partial charge in [0.25, 0.3) is 0 Å². The first kappa shape index (κ1) is 25.4. The van der Waals surface area contributed by atoms with Crippen LogP contribution in [0.3, 0.4) is 0 Å². The molecule has 0 aliphatic heterocycles. The molecule has 170 valence electrons. The van der Waals surface area contributed by atoms with E-state index in [0.717, 1.165) is 59.2 Å². The van der Waals surface area contributed by atoms with E-state index in [1.54, 1.807) is 0 Å². The first-order chi connectivity index (χ1) is 14.7. The van der Waals surface area contributed by atoms with Crippen LogP contribution in [0.15, 0.2) is 30.3 Å². The molecule has 2 aromatic rings. The summed E-state index contributed by atoms with van der Waals surface area (Å²) in [5.41, 5.74) is 4.43. The molecule has 4 heteroatoms. The van der Waals surface area contributed by atoms with Crippen molar-refractivity contribution in [3.63, 3.8) is 0 Å². The van der Waals surface area contributed by atoms with Crippen molar-refractivity contribution in [2.75, 3.05) is 13.2 Å². The number of aryl methyl sites for hydroxylation is 2. The SMILES string of the molecule is CCCCOc1ccc(PC(=O)c2c(C)cc(C(C)(C)C)cc2C)c(OCCCC)c1. The van der Waals surface area contributed by atoms with Crippen LogP contribution >= 0.6 is 8.58 Å². The molecule has 0 fully saturated rings. The van der Waals surface area contributed by atoms with Crippen molar-refractivity contribution in [2.24, 2.45) is 0 Å². The molecule has 0 radical (unpaired) electrons. The van der Waals surface area contributed by atoms with Crippen molar-refractivity contribution in [2.45, 2.75) is 79.6 Å². The lowest BCUT2D eigenvalue weighted by Crippen LogP contribution is -2.14. The van der Waals surface area contributed by atoms with Gasteiger partial charge in [0.1, 0.15) is 11.5 Å². The first-order valence-corrected chi connectivity index (χ1v) is 12.5. The van der Waals surface area contributed by atoms with E-state index < -0.39 is 0 Å². The zero-order valence-electron chi connectivity index (χ0n) is 20.4. The minimum atomic E-state index is 0.0220. The molecule has 0 heterocycles. The molecule has 0 aromatic heterocycles. The maximum Gasteiger partial charge on any atom is 0.186 e. The topological polar surface area (TPSA) is 35.5 Å². The fraction of sp³-hybridized carbons (Fsp3) is 0.519. The van der Waals surface area contributed by atoms with Crippen LogP contribution in [0.4, 0.5) is 0 Å². The molecule has 0 aliphatic rings. The summed E-state index contributed by atoms with van der Waals surface area (Å²) in [6.45, 7) is 16.3. The molecule has 2 aromatic carbocycles. The Hall–Kier alpha value is -1.86. The average molecular weight is 443 g/mol. The summed E-state index contributed by atoms with van der Waals surface area (Å²) in [5.74, 6) is 1.58. The predicted octanol–water partition coefficient (Wildman–Crippen LogP) is 7.10. The van der Waals surface area contributed by atoms with Crippen molar-refractivity contribution in [1.29, 1.82) is 0 Å². The highest BCUT2D eigenvalue weighted by Crippen LogP contribution is 2.32. The molecular formula is C27H39O3P. The summed E-state index contributed by atoms with van der Waals surface area (Å²) in [4.78, 5) is 13.3. The molecule has 0 aliphatic carbocycles. The van der Waals surface area contributed by atoms with Gasteiger partial charge >= 0.3 is 0 Å². The second kappa shape index (κ2) is 11.7. The average Bonchev–Trinajstić information content (AvgIpc) is 2.69. The second-order valence-electron chi connectivity index (χ2n) is 9.25. The second-order valence-corrected chi connectivity index (χ2v) is 10.5. The van der Waals surface area contributed by atoms with Gasteiger partial charge < -0.3 is 9.47 Å². The zero-order chi connectivity index (χ0) is 23.0. The van der Waals surface area contributed by atoms with E-state index in [2.05, 4.69) is 46.8 Å². The number of benzene rings is 2.